The highest BCUT2D eigenvalue weighted by Gasteiger charge is 2.00. The number of nitrogens with one attached hydrogen (secondary N) is 1. The van der Waals surface area contributed by atoms with Gasteiger partial charge in [0.25, 0.3) is 0 Å². The fourth-order valence-electron chi connectivity index (χ4n) is 1.18. The lowest BCUT2D eigenvalue weighted by Crippen LogP contribution is -1.99. The molecule has 0 saturated carbocycles. The molecule has 5 heteroatoms. The molecule has 78 valence electrons. The SMILES string of the molecule is Cc1cc(CNc2cccc(Br)n2)on1. The maximum absolute atomic E-state index is 5.06. The normalized spacial score (nSPS) is 10.3. The summed E-state index contributed by atoms with van der Waals surface area (Å²) >= 11 is 3.31. The third-order valence-corrected chi connectivity index (χ3v) is 2.28. The zero-order valence-corrected chi connectivity index (χ0v) is 9.78. The van der Waals surface area contributed by atoms with Gasteiger partial charge in [0.1, 0.15) is 10.4 Å². The first-order valence-electron chi connectivity index (χ1n) is 4.52. The quantitative estimate of drug-likeness (QED) is 0.869. The van der Waals surface area contributed by atoms with Gasteiger partial charge in [-0.3, -0.25) is 0 Å². The smallest absolute Gasteiger partial charge is 0.156 e. The van der Waals surface area contributed by atoms with E-state index < -0.39 is 0 Å². The average molecular weight is 268 g/mol. The second-order valence-corrected chi connectivity index (χ2v) is 3.95. The summed E-state index contributed by atoms with van der Waals surface area (Å²) in [6.45, 7) is 2.48. The molecule has 15 heavy (non-hydrogen) atoms. The third kappa shape index (κ3) is 2.79. The molecule has 0 aliphatic heterocycles. The van der Waals surface area contributed by atoms with Crippen molar-refractivity contribution in [3.8, 4) is 0 Å². The summed E-state index contributed by atoms with van der Waals surface area (Å²) in [5.41, 5.74) is 0.883. The molecule has 4 nitrogen and oxygen atoms in total. The average Bonchev–Trinajstić information content (AvgIpc) is 2.62. The minimum Gasteiger partial charge on any atom is -0.363 e. The number of aryl methyl sites for hydroxylation is 1. The van der Waals surface area contributed by atoms with E-state index in [9.17, 15) is 0 Å². The van der Waals surface area contributed by atoms with Gasteiger partial charge in [-0.15, -0.1) is 0 Å². The van der Waals surface area contributed by atoms with Gasteiger partial charge in [-0.25, -0.2) is 4.98 Å². The maximum atomic E-state index is 5.06. The number of anilines is 1. The maximum Gasteiger partial charge on any atom is 0.156 e. The van der Waals surface area contributed by atoms with E-state index in [4.69, 9.17) is 4.52 Å². The second kappa shape index (κ2) is 4.44. The number of rotatable bonds is 3. The molecule has 0 aromatic carbocycles. The van der Waals surface area contributed by atoms with E-state index in [1.807, 2.05) is 31.2 Å². The van der Waals surface area contributed by atoms with Crippen LogP contribution < -0.4 is 5.32 Å². The first-order valence-corrected chi connectivity index (χ1v) is 5.32. The standard InChI is InChI=1S/C10H10BrN3O/c1-7-5-8(15-14-7)6-12-10-4-2-3-9(11)13-10/h2-5H,6H2,1H3,(H,12,13). The van der Waals surface area contributed by atoms with Crippen molar-refractivity contribution in [1.29, 1.82) is 0 Å². The minimum atomic E-state index is 0.588. The Bertz CT molecular complexity index is 455. The number of pyridine rings is 1. The molecule has 1 N–H and O–H groups in total. The molecule has 0 fully saturated rings. The van der Waals surface area contributed by atoms with Crippen molar-refractivity contribution in [3.63, 3.8) is 0 Å². The lowest BCUT2D eigenvalue weighted by Gasteiger charge is -2.02. The summed E-state index contributed by atoms with van der Waals surface area (Å²) in [6, 6.07) is 7.59. The van der Waals surface area contributed by atoms with Gasteiger partial charge < -0.3 is 9.84 Å². The van der Waals surface area contributed by atoms with Crippen molar-refractivity contribution < 1.29 is 4.52 Å². The van der Waals surface area contributed by atoms with Crippen molar-refractivity contribution >= 4 is 21.7 Å². The summed E-state index contributed by atoms with van der Waals surface area (Å²) < 4.78 is 5.87. The molecule has 0 radical (unpaired) electrons. The van der Waals surface area contributed by atoms with Gasteiger partial charge in [-0.2, -0.15) is 0 Å². The van der Waals surface area contributed by atoms with Crippen molar-refractivity contribution in [3.05, 3.63) is 40.3 Å². The van der Waals surface area contributed by atoms with Gasteiger partial charge in [0.2, 0.25) is 0 Å². The first kappa shape index (κ1) is 10.2. The van der Waals surface area contributed by atoms with Crippen LogP contribution in [0.3, 0.4) is 0 Å². The second-order valence-electron chi connectivity index (χ2n) is 3.13. The van der Waals surface area contributed by atoms with Crippen molar-refractivity contribution in [2.45, 2.75) is 13.5 Å². The Morgan fingerprint density at radius 3 is 3.00 bits per heavy atom. The Labute approximate surface area is 95.8 Å². The largest absolute Gasteiger partial charge is 0.363 e. The van der Waals surface area contributed by atoms with Crippen LogP contribution in [0.4, 0.5) is 5.82 Å². The predicted octanol–water partition coefficient (Wildman–Crippen LogP) is 2.75. The van der Waals surface area contributed by atoms with Gasteiger partial charge >= 0.3 is 0 Å². The van der Waals surface area contributed by atoms with Crippen LogP contribution in [0.25, 0.3) is 0 Å². The summed E-state index contributed by atoms with van der Waals surface area (Å²) in [5, 5.41) is 6.94. The molecular formula is C10H10BrN3O. The van der Waals surface area contributed by atoms with Crippen LogP contribution in [0.1, 0.15) is 11.5 Å². The van der Waals surface area contributed by atoms with Crippen LogP contribution in [0.5, 0.6) is 0 Å². The van der Waals surface area contributed by atoms with Gasteiger partial charge in [0.15, 0.2) is 5.76 Å². The Morgan fingerprint density at radius 1 is 1.47 bits per heavy atom. The summed E-state index contributed by atoms with van der Waals surface area (Å²) in [7, 11) is 0. The van der Waals surface area contributed by atoms with Gasteiger partial charge in [-0.1, -0.05) is 11.2 Å². The molecule has 0 unspecified atom stereocenters. The van der Waals surface area contributed by atoms with Crippen molar-refractivity contribution in [2.75, 3.05) is 5.32 Å². The van der Waals surface area contributed by atoms with E-state index in [-0.39, 0.29) is 0 Å². The molecule has 2 aromatic rings. The Balaban J connectivity index is 1.99. The number of halogens is 1. The lowest BCUT2D eigenvalue weighted by atomic mass is 10.4. The molecule has 2 aromatic heterocycles. The van der Waals surface area contributed by atoms with Gasteiger partial charge in [0.05, 0.1) is 12.2 Å². The molecule has 2 heterocycles. The number of aromatic nitrogens is 2. The zero-order valence-electron chi connectivity index (χ0n) is 8.20. The van der Waals surface area contributed by atoms with E-state index >= 15 is 0 Å². The molecule has 2 rings (SSSR count). The summed E-state index contributed by atoms with van der Waals surface area (Å²) in [5.74, 6) is 1.60. The molecule has 0 amide bonds. The highest BCUT2D eigenvalue weighted by molar-refractivity contribution is 9.10. The van der Waals surface area contributed by atoms with E-state index in [1.54, 1.807) is 0 Å². The Kier molecular flexibility index (Phi) is 3.01. The van der Waals surface area contributed by atoms with Crippen LogP contribution >= 0.6 is 15.9 Å². The molecular weight excluding hydrogens is 258 g/mol. The highest BCUT2D eigenvalue weighted by Crippen LogP contribution is 2.11. The van der Waals surface area contributed by atoms with E-state index in [0.29, 0.717) is 6.54 Å². The molecule has 0 aliphatic carbocycles. The monoisotopic (exact) mass is 267 g/mol. The van der Waals surface area contributed by atoms with Gasteiger partial charge in [0, 0.05) is 6.07 Å². The number of hydrogen-bond donors (Lipinski definition) is 1. The van der Waals surface area contributed by atoms with Crippen LogP contribution in [0, 0.1) is 6.92 Å². The fourth-order valence-corrected chi connectivity index (χ4v) is 1.53. The first-order chi connectivity index (χ1) is 7.24. The minimum absolute atomic E-state index is 0.588. The number of hydrogen-bond acceptors (Lipinski definition) is 4. The van der Waals surface area contributed by atoms with E-state index in [2.05, 4.69) is 31.4 Å². The van der Waals surface area contributed by atoms with Crippen molar-refractivity contribution in [1.82, 2.24) is 10.1 Å². The zero-order chi connectivity index (χ0) is 10.7. The van der Waals surface area contributed by atoms with Crippen molar-refractivity contribution in [2.24, 2.45) is 0 Å². The van der Waals surface area contributed by atoms with Crippen LogP contribution in [-0.4, -0.2) is 10.1 Å². The Hall–Kier alpha value is -1.36. The molecule has 0 aliphatic rings. The third-order valence-electron chi connectivity index (χ3n) is 1.84. The molecule has 0 atom stereocenters. The van der Waals surface area contributed by atoms with Crippen LogP contribution in [-0.2, 0) is 6.54 Å². The van der Waals surface area contributed by atoms with Gasteiger partial charge in [-0.05, 0) is 35.0 Å². The van der Waals surface area contributed by atoms with Crippen LogP contribution in [0.2, 0.25) is 0 Å². The van der Waals surface area contributed by atoms with E-state index in [1.165, 1.54) is 0 Å². The summed E-state index contributed by atoms with van der Waals surface area (Å²) in [6.07, 6.45) is 0. The molecule has 0 bridgehead atoms. The number of nitrogens with zero attached hydrogens (tertiary/aromatic N) is 2. The highest BCUT2D eigenvalue weighted by atomic mass is 79.9. The van der Waals surface area contributed by atoms with Crippen LogP contribution in [0.15, 0.2) is 33.4 Å². The Morgan fingerprint density at radius 2 is 2.33 bits per heavy atom. The topological polar surface area (TPSA) is 51.0 Å². The lowest BCUT2D eigenvalue weighted by molar-refractivity contribution is 0.384. The predicted molar refractivity (Wildman–Crippen MR) is 60.5 cm³/mol. The summed E-state index contributed by atoms with van der Waals surface area (Å²) in [4.78, 5) is 4.24. The molecule has 0 saturated heterocycles. The molecule has 0 spiro atoms. The van der Waals surface area contributed by atoms with E-state index in [0.717, 1.165) is 21.9 Å². The fraction of sp³-hybridized carbons (Fsp3) is 0.200.